The zero-order chi connectivity index (χ0) is 13.2. The van der Waals surface area contributed by atoms with Crippen LogP contribution < -0.4 is 0 Å². The normalized spacial score (nSPS) is 16.6. The van der Waals surface area contributed by atoms with E-state index in [0.29, 0.717) is 22.1 Å². The van der Waals surface area contributed by atoms with Gasteiger partial charge in [-0.2, -0.15) is 0 Å². The van der Waals surface area contributed by atoms with Gasteiger partial charge in [-0.3, -0.25) is 0 Å². The van der Waals surface area contributed by atoms with Gasteiger partial charge >= 0.3 is 5.97 Å². The Morgan fingerprint density at radius 3 is 2.58 bits per heavy atom. The first-order valence-corrected chi connectivity index (χ1v) is 6.05. The van der Waals surface area contributed by atoms with E-state index in [-0.39, 0.29) is 5.97 Å². The summed E-state index contributed by atoms with van der Waals surface area (Å²) in [6.45, 7) is 0. The molecule has 2 heterocycles. The molecule has 0 N–H and O–H groups in total. The second-order valence-electron chi connectivity index (χ2n) is 4.02. The van der Waals surface area contributed by atoms with E-state index in [2.05, 4.69) is 0 Å². The number of carbonyl (C=O) groups is 1. The molecule has 3 nitrogen and oxygen atoms in total. The van der Waals surface area contributed by atoms with E-state index < -0.39 is 0 Å². The number of cyclic esters (lactones) is 1. The number of carbonyl (C=O) groups excluding carboxylic acids is 1. The summed E-state index contributed by atoms with van der Waals surface area (Å²) in [4.78, 5) is 11.7. The highest BCUT2D eigenvalue weighted by Crippen LogP contribution is 2.28. The Morgan fingerprint density at radius 2 is 1.89 bits per heavy atom. The fraction of sp³-hybridized carbons (Fsp3) is 0. The molecule has 1 aromatic heterocycles. The van der Waals surface area contributed by atoms with Gasteiger partial charge in [-0.25, -0.2) is 4.79 Å². The van der Waals surface area contributed by atoms with Crippen LogP contribution in [-0.2, 0) is 9.53 Å². The van der Waals surface area contributed by atoms with Crippen LogP contribution in [0.4, 0.5) is 0 Å². The molecule has 4 heteroatoms. The molecule has 3 rings (SSSR count). The third-order valence-corrected chi connectivity index (χ3v) is 2.95. The molecule has 2 aromatic rings. The Labute approximate surface area is 114 Å². The number of hydrogen-bond donors (Lipinski definition) is 0. The lowest BCUT2D eigenvalue weighted by molar-refractivity contribution is -0.130. The Kier molecular flexibility index (Phi) is 2.97. The van der Waals surface area contributed by atoms with Gasteiger partial charge in [0.05, 0.1) is 11.8 Å². The predicted octanol–water partition coefficient (Wildman–Crippen LogP) is 3.91. The first-order chi connectivity index (χ1) is 9.22. The van der Waals surface area contributed by atoms with Crippen molar-refractivity contribution in [2.45, 2.75) is 0 Å². The molecule has 0 radical (unpaired) electrons. The van der Waals surface area contributed by atoms with Gasteiger partial charge in [0.25, 0.3) is 0 Å². The summed E-state index contributed by atoms with van der Waals surface area (Å²) >= 11 is 5.82. The fourth-order valence-electron chi connectivity index (χ4n) is 1.77. The molecule has 0 bridgehead atoms. The number of benzene rings is 1. The van der Waals surface area contributed by atoms with Crippen molar-refractivity contribution in [3.63, 3.8) is 0 Å². The Hall–Kier alpha value is -2.26. The van der Waals surface area contributed by atoms with Crippen molar-refractivity contribution in [3.8, 4) is 0 Å². The number of esters is 1. The van der Waals surface area contributed by atoms with Crippen LogP contribution in [0.15, 0.2) is 58.7 Å². The monoisotopic (exact) mass is 272 g/mol. The largest absolute Gasteiger partial charge is 0.465 e. The number of hydrogen-bond acceptors (Lipinski definition) is 3. The van der Waals surface area contributed by atoms with Crippen LogP contribution in [0.2, 0.25) is 5.02 Å². The summed E-state index contributed by atoms with van der Waals surface area (Å²) in [5.74, 6) is 0.737. The van der Waals surface area contributed by atoms with Crippen molar-refractivity contribution >= 4 is 29.4 Å². The Bertz CT molecular complexity index is 664. The highest BCUT2D eigenvalue weighted by molar-refractivity contribution is 6.30. The summed E-state index contributed by atoms with van der Waals surface area (Å²) < 4.78 is 10.4. The third-order valence-electron chi connectivity index (χ3n) is 2.69. The zero-order valence-corrected chi connectivity index (χ0v) is 10.6. The van der Waals surface area contributed by atoms with Crippen LogP contribution in [0.5, 0.6) is 0 Å². The molecule has 0 amide bonds. The van der Waals surface area contributed by atoms with Crippen LogP contribution in [0.3, 0.4) is 0 Å². The van der Waals surface area contributed by atoms with Gasteiger partial charge in [-0.1, -0.05) is 11.6 Å². The van der Waals surface area contributed by atoms with Crippen molar-refractivity contribution in [2.75, 3.05) is 0 Å². The van der Waals surface area contributed by atoms with Crippen molar-refractivity contribution in [3.05, 3.63) is 70.7 Å². The lowest BCUT2D eigenvalue weighted by Crippen LogP contribution is -1.96. The van der Waals surface area contributed by atoms with Crippen molar-refractivity contribution in [1.82, 2.24) is 0 Å². The highest BCUT2D eigenvalue weighted by Gasteiger charge is 2.22. The summed E-state index contributed by atoms with van der Waals surface area (Å²) in [6, 6.07) is 10.6. The minimum Gasteiger partial charge on any atom is -0.465 e. The van der Waals surface area contributed by atoms with E-state index in [4.69, 9.17) is 20.8 Å². The van der Waals surface area contributed by atoms with E-state index in [9.17, 15) is 4.79 Å². The second kappa shape index (κ2) is 4.78. The molecule has 0 unspecified atom stereocenters. The third kappa shape index (κ3) is 2.46. The predicted molar refractivity (Wildman–Crippen MR) is 72.2 cm³/mol. The maximum absolute atomic E-state index is 11.7. The summed E-state index contributed by atoms with van der Waals surface area (Å²) in [5.41, 5.74) is 1.26. The van der Waals surface area contributed by atoms with Gasteiger partial charge in [-0.05, 0) is 48.6 Å². The molecule has 0 spiro atoms. The lowest BCUT2D eigenvalue weighted by atomic mass is 10.1. The molecular formula is C15H9ClO3. The quantitative estimate of drug-likeness (QED) is 0.614. The first-order valence-electron chi connectivity index (χ1n) is 5.67. The van der Waals surface area contributed by atoms with E-state index in [1.54, 1.807) is 54.8 Å². The van der Waals surface area contributed by atoms with E-state index >= 15 is 0 Å². The van der Waals surface area contributed by atoms with Crippen molar-refractivity contribution < 1.29 is 13.9 Å². The van der Waals surface area contributed by atoms with Gasteiger partial charge in [-0.15, -0.1) is 0 Å². The van der Waals surface area contributed by atoms with Crippen LogP contribution >= 0.6 is 11.6 Å². The molecule has 1 aromatic carbocycles. The van der Waals surface area contributed by atoms with Crippen LogP contribution in [0.25, 0.3) is 11.8 Å². The van der Waals surface area contributed by atoms with E-state index in [1.807, 2.05) is 0 Å². The lowest BCUT2D eigenvalue weighted by Gasteiger charge is -2.00. The molecule has 0 aliphatic carbocycles. The van der Waals surface area contributed by atoms with Crippen LogP contribution in [0, 0.1) is 0 Å². The minimum atomic E-state index is -0.388. The molecule has 1 aliphatic rings. The van der Waals surface area contributed by atoms with Crippen molar-refractivity contribution in [1.29, 1.82) is 0 Å². The van der Waals surface area contributed by atoms with Crippen LogP contribution in [0.1, 0.15) is 11.3 Å². The average Bonchev–Trinajstić information content (AvgIpc) is 3.02. The number of halogens is 1. The summed E-state index contributed by atoms with van der Waals surface area (Å²) in [6.07, 6.45) is 4.88. The summed E-state index contributed by atoms with van der Waals surface area (Å²) in [5, 5.41) is 0.639. The molecule has 0 fully saturated rings. The van der Waals surface area contributed by atoms with Gasteiger partial charge in [0, 0.05) is 10.6 Å². The molecule has 0 saturated heterocycles. The number of furan rings is 1. The van der Waals surface area contributed by atoms with Crippen LogP contribution in [-0.4, -0.2) is 5.97 Å². The average molecular weight is 273 g/mol. The SMILES string of the molecule is O=C1OC(c2ccc(Cl)cc2)=C/C1=C\c1ccco1. The Morgan fingerprint density at radius 1 is 1.11 bits per heavy atom. The maximum atomic E-state index is 11.7. The van der Waals surface area contributed by atoms with Gasteiger partial charge in [0.15, 0.2) is 0 Å². The standard InChI is InChI=1S/C15H9ClO3/c16-12-5-3-10(4-6-12)14-9-11(15(17)19-14)8-13-2-1-7-18-13/h1-9H/b11-8+. The molecule has 1 aliphatic heterocycles. The number of rotatable bonds is 2. The minimum absolute atomic E-state index is 0.388. The molecule has 0 saturated carbocycles. The molecule has 0 atom stereocenters. The fourth-order valence-corrected chi connectivity index (χ4v) is 1.90. The van der Waals surface area contributed by atoms with E-state index in [1.165, 1.54) is 0 Å². The maximum Gasteiger partial charge on any atom is 0.343 e. The second-order valence-corrected chi connectivity index (χ2v) is 4.46. The topological polar surface area (TPSA) is 39.4 Å². The number of ether oxygens (including phenoxy) is 1. The Balaban J connectivity index is 1.93. The van der Waals surface area contributed by atoms with E-state index in [0.717, 1.165) is 5.56 Å². The van der Waals surface area contributed by atoms with Gasteiger partial charge in [0.2, 0.25) is 0 Å². The highest BCUT2D eigenvalue weighted by atomic mass is 35.5. The smallest absolute Gasteiger partial charge is 0.343 e. The van der Waals surface area contributed by atoms with Gasteiger partial charge < -0.3 is 9.15 Å². The van der Waals surface area contributed by atoms with Crippen molar-refractivity contribution in [2.24, 2.45) is 0 Å². The molecule has 94 valence electrons. The zero-order valence-electron chi connectivity index (χ0n) is 9.80. The molecule has 19 heavy (non-hydrogen) atoms. The van der Waals surface area contributed by atoms with Gasteiger partial charge in [0.1, 0.15) is 11.5 Å². The summed E-state index contributed by atoms with van der Waals surface area (Å²) in [7, 11) is 0. The first kappa shape index (κ1) is 11.8. The molecular weight excluding hydrogens is 264 g/mol.